The molecule has 1 saturated carbocycles. The van der Waals surface area contributed by atoms with Gasteiger partial charge in [0.05, 0.1) is 0 Å². The van der Waals surface area contributed by atoms with Gasteiger partial charge in [0.15, 0.2) is 0 Å². The molecule has 18 heavy (non-hydrogen) atoms. The summed E-state index contributed by atoms with van der Waals surface area (Å²) in [7, 11) is 2.08. The second-order valence-electron chi connectivity index (χ2n) is 5.44. The van der Waals surface area contributed by atoms with E-state index in [0.717, 1.165) is 18.0 Å². The van der Waals surface area contributed by atoms with Crippen molar-refractivity contribution in [1.29, 1.82) is 0 Å². The Morgan fingerprint density at radius 2 is 1.94 bits per heavy atom. The fraction of sp³-hybridized carbons (Fsp3) is 0.600. The third-order valence-corrected chi connectivity index (χ3v) is 3.86. The van der Waals surface area contributed by atoms with Crippen molar-refractivity contribution < 1.29 is 4.39 Å². The summed E-state index contributed by atoms with van der Waals surface area (Å²) in [5, 5.41) is 0. The second-order valence-corrected chi connectivity index (χ2v) is 5.44. The minimum atomic E-state index is -0.127. The third-order valence-electron chi connectivity index (χ3n) is 3.86. The lowest BCUT2D eigenvalue weighted by Crippen LogP contribution is -2.24. The SMILES string of the molecule is CN(Cc1cccc(CN)c1F)CC1CCCC1. The van der Waals surface area contributed by atoms with Crippen LogP contribution in [0.3, 0.4) is 0 Å². The molecule has 0 bridgehead atoms. The number of halogens is 1. The van der Waals surface area contributed by atoms with E-state index in [1.54, 1.807) is 6.07 Å². The van der Waals surface area contributed by atoms with Gasteiger partial charge in [-0.25, -0.2) is 4.39 Å². The quantitative estimate of drug-likeness (QED) is 0.870. The lowest BCUT2D eigenvalue weighted by atomic mass is 10.1. The molecule has 1 aliphatic carbocycles. The van der Waals surface area contributed by atoms with Crippen LogP contribution in [0.4, 0.5) is 4.39 Å². The first-order valence-corrected chi connectivity index (χ1v) is 6.85. The summed E-state index contributed by atoms with van der Waals surface area (Å²) in [6.45, 7) is 2.02. The number of nitrogens with zero attached hydrogens (tertiary/aromatic N) is 1. The molecule has 0 heterocycles. The van der Waals surface area contributed by atoms with Crippen LogP contribution in [0.5, 0.6) is 0 Å². The van der Waals surface area contributed by atoms with Crippen LogP contribution in [0, 0.1) is 11.7 Å². The zero-order valence-electron chi connectivity index (χ0n) is 11.2. The van der Waals surface area contributed by atoms with Crippen molar-refractivity contribution in [2.75, 3.05) is 13.6 Å². The van der Waals surface area contributed by atoms with Crippen LogP contribution in [0.2, 0.25) is 0 Å². The lowest BCUT2D eigenvalue weighted by Gasteiger charge is -2.21. The number of hydrogen-bond donors (Lipinski definition) is 1. The first kappa shape index (κ1) is 13.5. The molecule has 0 saturated heterocycles. The number of hydrogen-bond acceptors (Lipinski definition) is 2. The van der Waals surface area contributed by atoms with Gasteiger partial charge in [-0.1, -0.05) is 31.0 Å². The van der Waals surface area contributed by atoms with Gasteiger partial charge in [0.1, 0.15) is 5.82 Å². The van der Waals surface area contributed by atoms with Crippen LogP contribution in [0.1, 0.15) is 36.8 Å². The van der Waals surface area contributed by atoms with Crippen molar-refractivity contribution in [2.24, 2.45) is 11.7 Å². The highest BCUT2D eigenvalue weighted by Crippen LogP contribution is 2.25. The van der Waals surface area contributed by atoms with Gasteiger partial charge in [-0.05, 0) is 25.8 Å². The molecule has 0 amide bonds. The van der Waals surface area contributed by atoms with Gasteiger partial charge in [-0.2, -0.15) is 0 Å². The molecule has 0 atom stereocenters. The number of rotatable bonds is 5. The molecule has 0 aromatic heterocycles. The monoisotopic (exact) mass is 250 g/mol. The fourth-order valence-corrected chi connectivity index (χ4v) is 2.90. The first-order valence-electron chi connectivity index (χ1n) is 6.85. The van der Waals surface area contributed by atoms with Crippen molar-refractivity contribution in [2.45, 2.75) is 38.8 Å². The molecule has 100 valence electrons. The van der Waals surface area contributed by atoms with Crippen molar-refractivity contribution in [3.63, 3.8) is 0 Å². The molecule has 1 aromatic carbocycles. The van der Waals surface area contributed by atoms with Crippen LogP contribution in [0.25, 0.3) is 0 Å². The summed E-state index contributed by atoms with van der Waals surface area (Å²) in [6.07, 6.45) is 5.37. The summed E-state index contributed by atoms with van der Waals surface area (Å²) in [5.74, 6) is 0.675. The Bertz CT molecular complexity index is 386. The second kappa shape index (κ2) is 6.30. The zero-order chi connectivity index (χ0) is 13.0. The Morgan fingerprint density at radius 3 is 2.61 bits per heavy atom. The predicted molar refractivity (Wildman–Crippen MR) is 72.6 cm³/mol. The van der Waals surface area contributed by atoms with E-state index < -0.39 is 0 Å². The lowest BCUT2D eigenvalue weighted by molar-refractivity contribution is 0.267. The highest BCUT2D eigenvalue weighted by Gasteiger charge is 2.17. The maximum Gasteiger partial charge on any atom is 0.132 e. The van der Waals surface area contributed by atoms with Gasteiger partial charge in [0.2, 0.25) is 0 Å². The van der Waals surface area contributed by atoms with E-state index in [2.05, 4.69) is 11.9 Å². The van der Waals surface area contributed by atoms with Crippen LogP contribution in [-0.2, 0) is 13.1 Å². The number of nitrogens with two attached hydrogens (primary N) is 1. The van der Waals surface area contributed by atoms with Gasteiger partial charge in [0.25, 0.3) is 0 Å². The minimum absolute atomic E-state index is 0.127. The van der Waals surface area contributed by atoms with Crippen molar-refractivity contribution >= 4 is 0 Å². The van der Waals surface area contributed by atoms with Gasteiger partial charge in [-0.3, -0.25) is 0 Å². The molecule has 0 radical (unpaired) electrons. The van der Waals surface area contributed by atoms with Gasteiger partial charge >= 0.3 is 0 Å². The molecule has 2 nitrogen and oxygen atoms in total. The van der Waals surface area contributed by atoms with E-state index >= 15 is 0 Å². The average molecular weight is 250 g/mol. The van der Waals surface area contributed by atoms with E-state index in [1.165, 1.54) is 25.7 Å². The Kier molecular flexibility index (Phi) is 4.72. The molecular weight excluding hydrogens is 227 g/mol. The highest BCUT2D eigenvalue weighted by atomic mass is 19.1. The summed E-state index contributed by atoms with van der Waals surface area (Å²) in [6, 6.07) is 5.51. The zero-order valence-corrected chi connectivity index (χ0v) is 11.2. The smallest absolute Gasteiger partial charge is 0.132 e. The normalized spacial score (nSPS) is 16.7. The molecule has 0 aliphatic heterocycles. The fourth-order valence-electron chi connectivity index (χ4n) is 2.90. The van der Waals surface area contributed by atoms with Crippen molar-refractivity contribution in [1.82, 2.24) is 4.90 Å². The third kappa shape index (κ3) is 3.30. The van der Waals surface area contributed by atoms with Gasteiger partial charge in [0, 0.05) is 30.8 Å². The maximum atomic E-state index is 14.0. The van der Waals surface area contributed by atoms with E-state index in [-0.39, 0.29) is 12.4 Å². The molecule has 1 aromatic rings. The Labute approximate surface area is 109 Å². The maximum absolute atomic E-state index is 14.0. The summed E-state index contributed by atoms with van der Waals surface area (Å²) >= 11 is 0. The molecule has 2 rings (SSSR count). The predicted octanol–water partition coefficient (Wildman–Crippen LogP) is 2.91. The molecule has 0 unspecified atom stereocenters. The topological polar surface area (TPSA) is 29.3 Å². The summed E-state index contributed by atoms with van der Waals surface area (Å²) in [5.41, 5.74) is 6.90. The standard InChI is InChI=1S/C15H23FN2/c1-18(10-12-5-2-3-6-12)11-14-8-4-7-13(9-17)15(14)16/h4,7-8,12H,2-3,5-6,9-11,17H2,1H3. The van der Waals surface area contributed by atoms with Crippen LogP contribution in [0.15, 0.2) is 18.2 Å². The molecule has 0 spiro atoms. The summed E-state index contributed by atoms with van der Waals surface area (Å²) in [4.78, 5) is 2.23. The molecule has 3 heteroatoms. The Morgan fingerprint density at radius 1 is 1.28 bits per heavy atom. The molecule has 1 aliphatic rings. The van der Waals surface area contributed by atoms with E-state index in [9.17, 15) is 4.39 Å². The number of benzene rings is 1. The van der Waals surface area contributed by atoms with E-state index in [4.69, 9.17) is 5.73 Å². The van der Waals surface area contributed by atoms with E-state index in [1.807, 2.05) is 12.1 Å². The molecular formula is C15H23FN2. The Balaban J connectivity index is 1.95. The van der Waals surface area contributed by atoms with Crippen LogP contribution >= 0.6 is 0 Å². The van der Waals surface area contributed by atoms with Crippen LogP contribution in [-0.4, -0.2) is 18.5 Å². The molecule has 2 N–H and O–H groups in total. The van der Waals surface area contributed by atoms with E-state index in [0.29, 0.717) is 12.1 Å². The Hall–Kier alpha value is -0.930. The molecule has 1 fully saturated rings. The largest absolute Gasteiger partial charge is 0.326 e. The average Bonchev–Trinajstić information content (AvgIpc) is 2.84. The minimum Gasteiger partial charge on any atom is -0.326 e. The van der Waals surface area contributed by atoms with Gasteiger partial charge in [-0.15, -0.1) is 0 Å². The van der Waals surface area contributed by atoms with Crippen molar-refractivity contribution in [3.8, 4) is 0 Å². The summed E-state index contributed by atoms with van der Waals surface area (Å²) < 4.78 is 14.0. The van der Waals surface area contributed by atoms with Crippen molar-refractivity contribution in [3.05, 3.63) is 35.1 Å². The highest BCUT2D eigenvalue weighted by molar-refractivity contribution is 5.25. The first-order chi connectivity index (χ1) is 8.70. The van der Waals surface area contributed by atoms with Crippen LogP contribution < -0.4 is 5.73 Å². The van der Waals surface area contributed by atoms with Gasteiger partial charge < -0.3 is 10.6 Å².